The summed E-state index contributed by atoms with van der Waals surface area (Å²) in [6.45, 7) is 1.99. The summed E-state index contributed by atoms with van der Waals surface area (Å²) in [5.41, 5.74) is 8.69. The Labute approximate surface area is 156 Å². The molecule has 3 aromatic rings. The lowest BCUT2D eigenvalue weighted by Crippen LogP contribution is -2.18. The quantitative estimate of drug-likeness (QED) is 0.687. The van der Waals surface area contributed by atoms with Gasteiger partial charge in [0.05, 0.1) is 17.6 Å². The fourth-order valence-corrected chi connectivity index (χ4v) is 2.76. The molecule has 0 unspecified atom stereocenters. The van der Waals surface area contributed by atoms with Crippen molar-refractivity contribution in [2.24, 2.45) is 5.73 Å². The van der Waals surface area contributed by atoms with E-state index in [0.717, 1.165) is 17.5 Å². The van der Waals surface area contributed by atoms with Crippen molar-refractivity contribution in [3.63, 3.8) is 0 Å². The second kappa shape index (κ2) is 7.93. The van der Waals surface area contributed by atoms with Crippen LogP contribution in [0.3, 0.4) is 0 Å². The van der Waals surface area contributed by atoms with Crippen LogP contribution in [-0.2, 0) is 6.42 Å². The average Bonchev–Trinajstić information content (AvgIpc) is 2.65. The molecule has 2 heterocycles. The van der Waals surface area contributed by atoms with E-state index < -0.39 is 5.91 Å². The van der Waals surface area contributed by atoms with E-state index in [9.17, 15) is 4.79 Å². The predicted octanol–water partition coefficient (Wildman–Crippen LogP) is 3.99. The fourth-order valence-electron chi connectivity index (χ4n) is 2.54. The number of hydrogen-bond acceptors (Lipinski definition) is 5. The number of aryl methyl sites for hydroxylation is 1. The summed E-state index contributed by atoms with van der Waals surface area (Å²) in [6.07, 6.45) is 4.85. The highest BCUT2D eigenvalue weighted by molar-refractivity contribution is 6.30. The molecule has 1 aromatic carbocycles. The highest BCUT2D eigenvalue weighted by Gasteiger charge is 2.17. The van der Waals surface area contributed by atoms with Crippen LogP contribution in [-0.4, -0.2) is 20.9 Å². The summed E-state index contributed by atoms with van der Waals surface area (Å²) >= 11 is 6.20. The minimum absolute atomic E-state index is 0.0583. The first-order chi connectivity index (χ1) is 12.6. The molecule has 0 radical (unpaired) electrons. The number of anilines is 2. The zero-order valence-electron chi connectivity index (χ0n) is 14.2. The highest BCUT2D eigenvalue weighted by atomic mass is 35.5. The van der Waals surface area contributed by atoms with Gasteiger partial charge in [-0.25, -0.2) is 9.97 Å². The minimum Gasteiger partial charge on any atom is -0.364 e. The number of carbonyl (C=O) groups is 1. The van der Waals surface area contributed by atoms with Gasteiger partial charge in [0.2, 0.25) is 0 Å². The van der Waals surface area contributed by atoms with Gasteiger partial charge in [-0.3, -0.25) is 9.78 Å². The average molecular weight is 368 g/mol. The number of halogens is 1. The van der Waals surface area contributed by atoms with Gasteiger partial charge >= 0.3 is 0 Å². The number of nitrogens with two attached hydrogens (primary N) is 1. The van der Waals surface area contributed by atoms with Gasteiger partial charge in [-0.05, 0) is 18.1 Å². The lowest BCUT2D eigenvalue weighted by Gasteiger charge is -2.12. The Morgan fingerprint density at radius 3 is 2.62 bits per heavy atom. The van der Waals surface area contributed by atoms with E-state index in [1.807, 2.05) is 43.3 Å². The van der Waals surface area contributed by atoms with Crippen LogP contribution in [0.5, 0.6) is 0 Å². The van der Waals surface area contributed by atoms with Crippen molar-refractivity contribution in [1.82, 2.24) is 15.0 Å². The van der Waals surface area contributed by atoms with Crippen LogP contribution in [0, 0.1) is 0 Å². The zero-order chi connectivity index (χ0) is 18.5. The first kappa shape index (κ1) is 17.8. The van der Waals surface area contributed by atoms with E-state index in [2.05, 4.69) is 20.3 Å². The molecular formula is C19H18ClN5O. The Bertz CT molecular complexity index is 930. The molecule has 3 N–H and O–H groups in total. The number of pyridine rings is 1. The van der Waals surface area contributed by atoms with Gasteiger partial charge in [0, 0.05) is 11.8 Å². The molecule has 0 spiro atoms. The maximum atomic E-state index is 11.8. The molecular weight excluding hydrogens is 350 g/mol. The number of nitrogens with one attached hydrogen (secondary N) is 1. The Kier molecular flexibility index (Phi) is 5.43. The third-order valence-electron chi connectivity index (χ3n) is 3.75. The number of primary amides is 1. The molecule has 0 aliphatic rings. The monoisotopic (exact) mass is 367 g/mol. The molecule has 7 heteroatoms. The lowest BCUT2D eigenvalue weighted by molar-refractivity contribution is 0.0996. The van der Waals surface area contributed by atoms with Gasteiger partial charge in [0.15, 0.2) is 16.7 Å². The van der Waals surface area contributed by atoms with E-state index in [-0.39, 0.29) is 16.7 Å². The molecule has 6 nitrogen and oxygen atoms in total. The van der Waals surface area contributed by atoms with E-state index in [1.165, 1.54) is 0 Å². The highest BCUT2D eigenvalue weighted by Crippen LogP contribution is 2.25. The Morgan fingerprint density at radius 1 is 1.15 bits per heavy atom. The predicted molar refractivity (Wildman–Crippen MR) is 103 cm³/mol. The summed E-state index contributed by atoms with van der Waals surface area (Å²) in [4.78, 5) is 24.6. The SMILES string of the molecule is CCCc1nc(C(N)=O)c(Nc2cncc(-c3ccccc3)c2)nc1Cl. The van der Waals surface area contributed by atoms with Crippen LogP contribution in [0.4, 0.5) is 11.5 Å². The van der Waals surface area contributed by atoms with Crippen LogP contribution in [0.15, 0.2) is 48.8 Å². The normalized spacial score (nSPS) is 10.5. The van der Waals surface area contributed by atoms with Crippen LogP contribution in [0.1, 0.15) is 29.5 Å². The summed E-state index contributed by atoms with van der Waals surface area (Å²) < 4.78 is 0. The first-order valence-electron chi connectivity index (χ1n) is 8.22. The molecule has 0 atom stereocenters. The molecule has 132 valence electrons. The van der Waals surface area contributed by atoms with Crippen molar-refractivity contribution in [3.05, 3.63) is 65.3 Å². The summed E-state index contributed by atoms with van der Waals surface area (Å²) in [7, 11) is 0. The number of benzene rings is 1. The van der Waals surface area contributed by atoms with Crippen LogP contribution in [0.25, 0.3) is 11.1 Å². The Morgan fingerprint density at radius 2 is 1.92 bits per heavy atom. The summed E-state index contributed by atoms with van der Waals surface area (Å²) in [5.74, 6) is -0.449. The number of nitrogens with zero attached hydrogens (tertiary/aromatic N) is 3. The van der Waals surface area contributed by atoms with E-state index in [0.29, 0.717) is 17.8 Å². The molecule has 0 aliphatic heterocycles. The van der Waals surface area contributed by atoms with Crippen molar-refractivity contribution in [3.8, 4) is 11.1 Å². The van der Waals surface area contributed by atoms with Gasteiger partial charge < -0.3 is 11.1 Å². The van der Waals surface area contributed by atoms with Crippen LogP contribution < -0.4 is 11.1 Å². The van der Waals surface area contributed by atoms with Crippen molar-refractivity contribution >= 4 is 29.0 Å². The standard InChI is InChI=1S/C19H18ClN5O/c1-2-6-15-17(20)25-19(16(24-15)18(21)26)23-14-9-13(10-22-11-14)12-7-4-3-5-8-12/h3-5,7-11H,2,6H2,1H3,(H2,21,26)(H,23,25). The number of rotatable bonds is 6. The van der Waals surface area contributed by atoms with Crippen molar-refractivity contribution < 1.29 is 4.79 Å². The molecule has 26 heavy (non-hydrogen) atoms. The van der Waals surface area contributed by atoms with Crippen molar-refractivity contribution in [2.75, 3.05) is 5.32 Å². The molecule has 0 fully saturated rings. The van der Waals surface area contributed by atoms with Gasteiger partial charge in [0.1, 0.15) is 0 Å². The molecule has 0 saturated heterocycles. The largest absolute Gasteiger partial charge is 0.364 e. The maximum Gasteiger partial charge on any atom is 0.271 e. The number of aromatic nitrogens is 3. The Balaban J connectivity index is 1.96. The van der Waals surface area contributed by atoms with Crippen LogP contribution >= 0.6 is 11.6 Å². The topological polar surface area (TPSA) is 93.8 Å². The third kappa shape index (κ3) is 3.97. The van der Waals surface area contributed by atoms with E-state index in [4.69, 9.17) is 17.3 Å². The van der Waals surface area contributed by atoms with Crippen molar-refractivity contribution in [1.29, 1.82) is 0 Å². The molecule has 0 saturated carbocycles. The Hall–Kier alpha value is -2.99. The van der Waals surface area contributed by atoms with Gasteiger partial charge in [0.25, 0.3) is 5.91 Å². The number of carbonyl (C=O) groups excluding carboxylic acids is 1. The fraction of sp³-hybridized carbons (Fsp3) is 0.158. The number of amides is 1. The second-order valence-electron chi connectivity index (χ2n) is 5.73. The number of hydrogen-bond donors (Lipinski definition) is 2. The first-order valence-corrected chi connectivity index (χ1v) is 8.60. The lowest BCUT2D eigenvalue weighted by atomic mass is 10.1. The summed E-state index contributed by atoms with van der Waals surface area (Å²) in [6, 6.07) is 11.8. The summed E-state index contributed by atoms with van der Waals surface area (Å²) in [5, 5.41) is 3.31. The van der Waals surface area contributed by atoms with E-state index >= 15 is 0 Å². The molecule has 0 bridgehead atoms. The molecule has 0 aliphatic carbocycles. The van der Waals surface area contributed by atoms with Gasteiger partial charge in [-0.2, -0.15) is 0 Å². The molecule has 3 rings (SSSR count). The van der Waals surface area contributed by atoms with Crippen LogP contribution in [0.2, 0.25) is 5.15 Å². The molecule has 2 aromatic heterocycles. The minimum atomic E-state index is -0.666. The smallest absolute Gasteiger partial charge is 0.271 e. The van der Waals surface area contributed by atoms with Crippen molar-refractivity contribution in [2.45, 2.75) is 19.8 Å². The van der Waals surface area contributed by atoms with Gasteiger partial charge in [-0.1, -0.05) is 55.3 Å². The van der Waals surface area contributed by atoms with E-state index in [1.54, 1.807) is 12.4 Å². The second-order valence-corrected chi connectivity index (χ2v) is 6.08. The zero-order valence-corrected chi connectivity index (χ0v) is 15.0. The van der Waals surface area contributed by atoms with Gasteiger partial charge in [-0.15, -0.1) is 0 Å². The third-order valence-corrected chi connectivity index (χ3v) is 4.05. The molecule has 1 amide bonds. The maximum absolute atomic E-state index is 11.8.